The predicted octanol–water partition coefficient (Wildman–Crippen LogP) is 3.35. The Hall–Kier alpha value is -1.31. The van der Waals surface area contributed by atoms with E-state index in [0.29, 0.717) is 11.7 Å². The molecule has 2 aliphatic rings. The van der Waals surface area contributed by atoms with Gasteiger partial charge in [0.15, 0.2) is 0 Å². The number of nitrogens with one attached hydrogen (secondary N) is 1. The average molecular weight is 229 g/mol. The summed E-state index contributed by atoms with van der Waals surface area (Å²) < 4.78 is 0. The van der Waals surface area contributed by atoms with Crippen molar-refractivity contribution in [2.24, 2.45) is 5.92 Å². The molecule has 2 heteroatoms. The molecule has 1 aromatic rings. The maximum atomic E-state index is 12.3. The van der Waals surface area contributed by atoms with Crippen LogP contribution < -0.4 is 5.32 Å². The third kappa shape index (κ3) is 2.08. The maximum Gasteiger partial charge on any atom is 0.142 e. The Labute approximate surface area is 102 Å². The van der Waals surface area contributed by atoms with Crippen LogP contribution in [0.1, 0.15) is 43.6 Å². The Balaban J connectivity index is 1.71. The van der Waals surface area contributed by atoms with Gasteiger partial charge in [-0.25, -0.2) is 0 Å². The van der Waals surface area contributed by atoms with Crippen LogP contribution >= 0.6 is 0 Å². The van der Waals surface area contributed by atoms with E-state index < -0.39 is 0 Å². The molecule has 3 rings (SSSR count). The van der Waals surface area contributed by atoms with Crippen molar-refractivity contribution in [1.82, 2.24) is 0 Å². The third-order valence-electron chi connectivity index (χ3n) is 4.19. The highest BCUT2D eigenvalue weighted by Gasteiger charge is 2.30. The van der Waals surface area contributed by atoms with Crippen LogP contribution in [-0.2, 0) is 4.79 Å². The molecule has 0 bridgehead atoms. The van der Waals surface area contributed by atoms with E-state index in [4.69, 9.17) is 0 Å². The number of benzene rings is 1. The quantitative estimate of drug-likeness (QED) is 0.861. The summed E-state index contributed by atoms with van der Waals surface area (Å²) >= 11 is 0. The molecule has 1 fully saturated rings. The highest BCUT2D eigenvalue weighted by molar-refractivity contribution is 5.90. The van der Waals surface area contributed by atoms with E-state index in [9.17, 15) is 4.79 Å². The second-order valence-corrected chi connectivity index (χ2v) is 5.34. The number of carbonyl (C=O) groups is 1. The number of Topliss-reactive ketones (excluding diaryl/α,β-unsaturated/α-hetero) is 1. The molecule has 1 aliphatic heterocycles. The minimum absolute atomic E-state index is 0.104. The number of hydrogen-bond acceptors (Lipinski definition) is 2. The second-order valence-electron chi connectivity index (χ2n) is 5.34. The van der Waals surface area contributed by atoms with Crippen LogP contribution in [0, 0.1) is 5.92 Å². The highest BCUT2D eigenvalue weighted by atomic mass is 16.1. The number of ketones is 1. The summed E-state index contributed by atoms with van der Waals surface area (Å²) in [5.41, 5.74) is 2.35. The first-order chi connectivity index (χ1) is 8.34. The van der Waals surface area contributed by atoms with Crippen molar-refractivity contribution in [1.29, 1.82) is 0 Å². The molecule has 1 aromatic carbocycles. The molecule has 1 aliphatic carbocycles. The molecule has 1 unspecified atom stereocenters. The monoisotopic (exact) mass is 229 g/mol. The average Bonchev–Trinajstić information content (AvgIpc) is 2.96. The van der Waals surface area contributed by atoms with Crippen LogP contribution in [0.2, 0.25) is 0 Å². The first-order valence-electron chi connectivity index (χ1n) is 6.70. The van der Waals surface area contributed by atoms with Crippen LogP contribution in [0.3, 0.4) is 0 Å². The van der Waals surface area contributed by atoms with Crippen molar-refractivity contribution >= 4 is 11.5 Å². The summed E-state index contributed by atoms with van der Waals surface area (Å²) in [4.78, 5) is 12.3. The van der Waals surface area contributed by atoms with Gasteiger partial charge in [0.1, 0.15) is 5.78 Å². The topological polar surface area (TPSA) is 29.1 Å². The van der Waals surface area contributed by atoms with Gasteiger partial charge in [-0.3, -0.25) is 4.79 Å². The van der Waals surface area contributed by atoms with Gasteiger partial charge in [0.05, 0.1) is 5.92 Å². The predicted molar refractivity (Wildman–Crippen MR) is 69.3 cm³/mol. The van der Waals surface area contributed by atoms with Gasteiger partial charge < -0.3 is 5.32 Å². The number of carbonyl (C=O) groups excluding carboxylic acids is 1. The Bertz CT molecular complexity index is 421. The molecular weight excluding hydrogens is 210 g/mol. The minimum atomic E-state index is 0.104. The highest BCUT2D eigenvalue weighted by Crippen LogP contribution is 2.35. The van der Waals surface area contributed by atoms with Crippen LogP contribution in [0.15, 0.2) is 24.3 Å². The second kappa shape index (κ2) is 4.52. The Morgan fingerprint density at radius 3 is 2.82 bits per heavy atom. The lowest BCUT2D eigenvalue weighted by atomic mass is 9.90. The number of para-hydroxylation sites is 1. The van der Waals surface area contributed by atoms with Crippen molar-refractivity contribution < 1.29 is 4.79 Å². The molecule has 1 saturated carbocycles. The van der Waals surface area contributed by atoms with Crippen molar-refractivity contribution in [2.75, 3.05) is 11.9 Å². The minimum Gasteiger partial charge on any atom is -0.384 e. The fraction of sp³-hybridized carbons (Fsp3) is 0.533. The molecule has 0 radical (unpaired) electrons. The summed E-state index contributed by atoms with van der Waals surface area (Å²) in [5, 5.41) is 3.34. The summed E-state index contributed by atoms with van der Waals surface area (Å²) in [6.07, 6.45) is 5.94. The third-order valence-corrected chi connectivity index (χ3v) is 4.19. The number of anilines is 1. The van der Waals surface area contributed by atoms with Crippen LogP contribution in [0.5, 0.6) is 0 Å². The summed E-state index contributed by atoms with van der Waals surface area (Å²) in [6.45, 7) is 0.797. The van der Waals surface area contributed by atoms with Gasteiger partial charge in [0.2, 0.25) is 0 Å². The van der Waals surface area contributed by atoms with Crippen molar-refractivity contribution in [2.45, 2.75) is 38.0 Å². The smallest absolute Gasteiger partial charge is 0.142 e. The fourth-order valence-electron chi connectivity index (χ4n) is 3.21. The van der Waals surface area contributed by atoms with Gasteiger partial charge in [0.25, 0.3) is 0 Å². The summed E-state index contributed by atoms with van der Waals surface area (Å²) in [5.74, 6) is 1.21. The molecule has 0 amide bonds. The van der Waals surface area contributed by atoms with Crippen LogP contribution in [0.25, 0.3) is 0 Å². The molecule has 0 aromatic heterocycles. The zero-order valence-corrected chi connectivity index (χ0v) is 10.1. The number of hydrogen-bond donors (Lipinski definition) is 1. The lowest BCUT2D eigenvalue weighted by molar-refractivity contribution is -0.121. The molecular formula is C15H19NO. The lowest BCUT2D eigenvalue weighted by Gasteiger charge is -2.12. The van der Waals surface area contributed by atoms with Gasteiger partial charge >= 0.3 is 0 Å². The normalized spacial score (nSPS) is 23.4. The van der Waals surface area contributed by atoms with Gasteiger partial charge in [-0.1, -0.05) is 43.9 Å². The SMILES string of the molecule is O=C(CC1CCCC1)C1CNc2ccccc21. The maximum absolute atomic E-state index is 12.3. The van der Waals surface area contributed by atoms with E-state index in [0.717, 1.165) is 18.7 Å². The van der Waals surface area contributed by atoms with Crippen molar-refractivity contribution in [3.8, 4) is 0 Å². The summed E-state index contributed by atoms with van der Waals surface area (Å²) in [6, 6.07) is 8.21. The van der Waals surface area contributed by atoms with E-state index in [-0.39, 0.29) is 5.92 Å². The lowest BCUT2D eigenvalue weighted by Crippen LogP contribution is -2.17. The van der Waals surface area contributed by atoms with E-state index >= 15 is 0 Å². The molecule has 1 heterocycles. The van der Waals surface area contributed by atoms with Gasteiger partial charge in [-0.2, -0.15) is 0 Å². The Kier molecular flexibility index (Phi) is 2.87. The van der Waals surface area contributed by atoms with Crippen LogP contribution in [0.4, 0.5) is 5.69 Å². The van der Waals surface area contributed by atoms with Crippen LogP contribution in [-0.4, -0.2) is 12.3 Å². The van der Waals surface area contributed by atoms with Crippen molar-refractivity contribution in [3.05, 3.63) is 29.8 Å². The first kappa shape index (κ1) is 10.8. The fourth-order valence-corrected chi connectivity index (χ4v) is 3.21. The van der Waals surface area contributed by atoms with E-state index in [1.54, 1.807) is 0 Å². The molecule has 90 valence electrons. The van der Waals surface area contributed by atoms with Crippen molar-refractivity contribution in [3.63, 3.8) is 0 Å². The molecule has 2 nitrogen and oxygen atoms in total. The molecule has 0 saturated heterocycles. The Morgan fingerprint density at radius 1 is 1.24 bits per heavy atom. The molecule has 1 N–H and O–H groups in total. The van der Waals surface area contributed by atoms with E-state index in [1.807, 2.05) is 12.1 Å². The largest absolute Gasteiger partial charge is 0.384 e. The summed E-state index contributed by atoms with van der Waals surface area (Å²) in [7, 11) is 0. The zero-order chi connectivity index (χ0) is 11.7. The van der Waals surface area contributed by atoms with E-state index in [2.05, 4.69) is 17.4 Å². The molecule has 17 heavy (non-hydrogen) atoms. The molecule has 1 atom stereocenters. The number of fused-ring (bicyclic) bond motifs is 1. The van der Waals surface area contributed by atoms with Gasteiger partial charge in [0, 0.05) is 18.7 Å². The zero-order valence-electron chi connectivity index (χ0n) is 10.1. The Morgan fingerprint density at radius 2 is 2.00 bits per heavy atom. The van der Waals surface area contributed by atoms with Gasteiger partial charge in [-0.05, 0) is 17.5 Å². The first-order valence-corrected chi connectivity index (χ1v) is 6.70. The standard InChI is InChI=1S/C15H19NO/c17-15(9-11-5-1-2-6-11)13-10-16-14-8-4-3-7-12(13)14/h3-4,7-8,11,13,16H,1-2,5-6,9-10H2. The van der Waals surface area contributed by atoms with Gasteiger partial charge in [-0.15, -0.1) is 0 Å². The van der Waals surface area contributed by atoms with E-state index in [1.165, 1.54) is 31.2 Å². The number of rotatable bonds is 3. The molecule has 0 spiro atoms.